The summed E-state index contributed by atoms with van der Waals surface area (Å²) in [4.78, 5) is 19.9. The normalized spacial score (nSPS) is 10.2. The number of methoxy groups -OCH3 is 1. The standard InChI is InChI=1S/C13H11BrN2O2/c1-8-11(13(17)18-2)7-15-12(16-8)9-3-5-10(14)6-4-9/h3-7H,1-2H3. The van der Waals surface area contributed by atoms with Crippen molar-refractivity contribution in [2.24, 2.45) is 0 Å². The minimum atomic E-state index is -0.421. The lowest BCUT2D eigenvalue weighted by Crippen LogP contribution is -2.07. The lowest BCUT2D eigenvalue weighted by molar-refractivity contribution is 0.0599. The van der Waals surface area contributed by atoms with Crippen LogP contribution in [0.4, 0.5) is 0 Å². The zero-order valence-corrected chi connectivity index (χ0v) is 11.6. The molecule has 1 aromatic carbocycles. The third-order valence-corrected chi connectivity index (χ3v) is 3.02. The average molecular weight is 307 g/mol. The van der Waals surface area contributed by atoms with E-state index in [1.165, 1.54) is 13.3 Å². The van der Waals surface area contributed by atoms with E-state index in [0.717, 1.165) is 10.0 Å². The van der Waals surface area contributed by atoms with Crippen molar-refractivity contribution in [3.63, 3.8) is 0 Å². The van der Waals surface area contributed by atoms with E-state index >= 15 is 0 Å². The summed E-state index contributed by atoms with van der Waals surface area (Å²) in [5.41, 5.74) is 1.89. The van der Waals surface area contributed by atoms with Crippen LogP contribution in [0.1, 0.15) is 16.1 Å². The van der Waals surface area contributed by atoms with Crippen LogP contribution in [0, 0.1) is 6.92 Å². The van der Waals surface area contributed by atoms with Crippen molar-refractivity contribution >= 4 is 21.9 Å². The summed E-state index contributed by atoms with van der Waals surface area (Å²) in [5.74, 6) is 0.169. The number of carbonyl (C=O) groups excluding carboxylic acids is 1. The maximum Gasteiger partial charge on any atom is 0.341 e. The molecule has 1 heterocycles. The van der Waals surface area contributed by atoms with Gasteiger partial charge in [-0.25, -0.2) is 14.8 Å². The molecule has 1 aromatic heterocycles. The highest BCUT2D eigenvalue weighted by molar-refractivity contribution is 9.10. The van der Waals surface area contributed by atoms with E-state index in [1.807, 2.05) is 24.3 Å². The zero-order chi connectivity index (χ0) is 13.1. The lowest BCUT2D eigenvalue weighted by Gasteiger charge is -2.05. The molecule has 0 aliphatic rings. The second kappa shape index (κ2) is 5.27. The van der Waals surface area contributed by atoms with Gasteiger partial charge in [-0.3, -0.25) is 0 Å². The quantitative estimate of drug-likeness (QED) is 0.800. The largest absolute Gasteiger partial charge is 0.465 e. The minimum Gasteiger partial charge on any atom is -0.465 e. The molecule has 18 heavy (non-hydrogen) atoms. The molecule has 92 valence electrons. The van der Waals surface area contributed by atoms with Crippen LogP contribution in [0.15, 0.2) is 34.9 Å². The SMILES string of the molecule is COC(=O)c1cnc(-c2ccc(Br)cc2)nc1C. The molecule has 0 fully saturated rings. The molecule has 0 amide bonds. The fraction of sp³-hybridized carbons (Fsp3) is 0.154. The number of hydrogen-bond donors (Lipinski definition) is 0. The number of aromatic nitrogens is 2. The Morgan fingerprint density at radius 1 is 1.28 bits per heavy atom. The van der Waals surface area contributed by atoms with Crippen LogP contribution in [-0.4, -0.2) is 23.0 Å². The van der Waals surface area contributed by atoms with E-state index < -0.39 is 5.97 Å². The van der Waals surface area contributed by atoms with Gasteiger partial charge in [0, 0.05) is 16.2 Å². The molecule has 0 radical (unpaired) electrons. The highest BCUT2D eigenvalue weighted by Gasteiger charge is 2.12. The van der Waals surface area contributed by atoms with Crippen LogP contribution in [-0.2, 0) is 4.74 Å². The Bertz CT molecular complexity index is 582. The lowest BCUT2D eigenvalue weighted by atomic mass is 10.2. The molecule has 0 aliphatic heterocycles. The summed E-state index contributed by atoms with van der Waals surface area (Å²) in [6.07, 6.45) is 1.49. The smallest absolute Gasteiger partial charge is 0.341 e. The maximum atomic E-state index is 11.4. The van der Waals surface area contributed by atoms with Crippen LogP contribution < -0.4 is 0 Å². The molecule has 2 aromatic rings. The Morgan fingerprint density at radius 3 is 2.50 bits per heavy atom. The van der Waals surface area contributed by atoms with Crippen molar-refractivity contribution in [3.8, 4) is 11.4 Å². The topological polar surface area (TPSA) is 52.1 Å². The van der Waals surface area contributed by atoms with Crippen molar-refractivity contribution in [1.82, 2.24) is 9.97 Å². The third-order valence-electron chi connectivity index (χ3n) is 2.49. The van der Waals surface area contributed by atoms with Crippen LogP contribution >= 0.6 is 15.9 Å². The van der Waals surface area contributed by atoms with Gasteiger partial charge in [-0.05, 0) is 19.1 Å². The molecule has 4 nitrogen and oxygen atoms in total. The van der Waals surface area contributed by atoms with E-state index in [0.29, 0.717) is 17.1 Å². The number of esters is 1. The number of benzene rings is 1. The second-order valence-electron chi connectivity index (χ2n) is 3.69. The summed E-state index contributed by atoms with van der Waals surface area (Å²) in [6.45, 7) is 1.76. The van der Waals surface area contributed by atoms with Gasteiger partial charge >= 0.3 is 5.97 Å². The van der Waals surface area contributed by atoms with Crippen molar-refractivity contribution in [3.05, 3.63) is 46.2 Å². The summed E-state index contributed by atoms with van der Waals surface area (Å²) in [6, 6.07) is 7.66. The predicted molar refractivity (Wildman–Crippen MR) is 71.2 cm³/mol. The first-order chi connectivity index (χ1) is 8.61. The van der Waals surface area contributed by atoms with Crippen LogP contribution in [0.25, 0.3) is 11.4 Å². The van der Waals surface area contributed by atoms with Gasteiger partial charge < -0.3 is 4.74 Å². The van der Waals surface area contributed by atoms with Gasteiger partial charge in [0.05, 0.1) is 18.4 Å². The first-order valence-electron chi connectivity index (χ1n) is 5.29. The van der Waals surface area contributed by atoms with Gasteiger partial charge in [-0.15, -0.1) is 0 Å². The van der Waals surface area contributed by atoms with Crippen molar-refractivity contribution < 1.29 is 9.53 Å². The molecule has 0 aliphatic carbocycles. The van der Waals surface area contributed by atoms with Gasteiger partial charge in [0.15, 0.2) is 5.82 Å². The number of ether oxygens (including phenoxy) is 1. The maximum absolute atomic E-state index is 11.4. The number of rotatable bonds is 2. The van der Waals surface area contributed by atoms with Crippen molar-refractivity contribution in [2.75, 3.05) is 7.11 Å². The fourth-order valence-corrected chi connectivity index (χ4v) is 1.78. The molecular formula is C13H11BrN2O2. The molecular weight excluding hydrogens is 296 g/mol. The first-order valence-corrected chi connectivity index (χ1v) is 6.09. The number of nitrogens with zero attached hydrogens (tertiary/aromatic N) is 2. The van der Waals surface area contributed by atoms with Crippen LogP contribution in [0.5, 0.6) is 0 Å². The van der Waals surface area contributed by atoms with Gasteiger partial charge in [-0.1, -0.05) is 28.1 Å². The summed E-state index contributed by atoms with van der Waals surface area (Å²) in [5, 5.41) is 0. The van der Waals surface area contributed by atoms with Gasteiger partial charge in [0.1, 0.15) is 0 Å². The highest BCUT2D eigenvalue weighted by Crippen LogP contribution is 2.19. The van der Waals surface area contributed by atoms with E-state index in [2.05, 4.69) is 30.6 Å². The molecule has 2 rings (SSSR count). The van der Waals surface area contributed by atoms with Gasteiger partial charge in [-0.2, -0.15) is 0 Å². The Balaban J connectivity index is 2.40. The summed E-state index contributed by atoms with van der Waals surface area (Å²) >= 11 is 3.37. The Morgan fingerprint density at radius 2 is 1.94 bits per heavy atom. The van der Waals surface area contributed by atoms with Gasteiger partial charge in [0.2, 0.25) is 0 Å². The highest BCUT2D eigenvalue weighted by atomic mass is 79.9. The molecule has 5 heteroatoms. The first kappa shape index (κ1) is 12.7. The second-order valence-corrected chi connectivity index (χ2v) is 4.61. The fourth-order valence-electron chi connectivity index (χ4n) is 1.52. The summed E-state index contributed by atoms with van der Waals surface area (Å²) in [7, 11) is 1.34. The molecule has 0 unspecified atom stereocenters. The van der Waals surface area contributed by atoms with E-state index in [1.54, 1.807) is 6.92 Å². The molecule has 0 saturated heterocycles. The predicted octanol–water partition coefficient (Wildman–Crippen LogP) is 3.00. The molecule has 0 N–H and O–H groups in total. The van der Waals surface area contributed by atoms with Crippen molar-refractivity contribution in [2.45, 2.75) is 6.92 Å². The molecule has 0 atom stereocenters. The number of hydrogen-bond acceptors (Lipinski definition) is 4. The minimum absolute atomic E-state index is 0.387. The Kier molecular flexibility index (Phi) is 3.72. The average Bonchev–Trinajstić information content (AvgIpc) is 2.38. The number of carbonyl (C=O) groups is 1. The molecule has 0 saturated carbocycles. The Labute approximate surface area is 113 Å². The van der Waals surface area contributed by atoms with Crippen molar-refractivity contribution in [1.29, 1.82) is 0 Å². The number of aryl methyl sites for hydroxylation is 1. The van der Waals surface area contributed by atoms with Crippen LogP contribution in [0.3, 0.4) is 0 Å². The monoisotopic (exact) mass is 306 g/mol. The third kappa shape index (κ3) is 2.56. The van der Waals surface area contributed by atoms with E-state index in [-0.39, 0.29) is 0 Å². The van der Waals surface area contributed by atoms with Crippen LogP contribution in [0.2, 0.25) is 0 Å². The number of halogens is 1. The van der Waals surface area contributed by atoms with E-state index in [9.17, 15) is 4.79 Å². The zero-order valence-electron chi connectivity index (χ0n) is 9.98. The summed E-state index contributed by atoms with van der Waals surface area (Å²) < 4.78 is 5.65. The van der Waals surface area contributed by atoms with E-state index in [4.69, 9.17) is 0 Å². The molecule has 0 bridgehead atoms. The molecule has 0 spiro atoms. The Hall–Kier alpha value is -1.75. The van der Waals surface area contributed by atoms with Gasteiger partial charge in [0.25, 0.3) is 0 Å².